The highest BCUT2D eigenvalue weighted by molar-refractivity contribution is 6.33. The van der Waals surface area contributed by atoms with Gasteiger partial charge in [-0.05, 0) is 30.5 Å². The van der Waals surface area contributed by atoms with E-state index in [9.17, 15) is 9.18 Å². The number of halogens is 3. The Hall–Kier alpha value is -0.800. The molecule has 0 aromatic heterocycles. The second-order valence-corrected chi connectivity index (χ2v) is 3.92. The molecule has 0 saturated heterocycles. The van der Waals surface area contributed by atoms with Crippen molar-refractivity contribution in [1.82, 2.24) is 0 Å². The lowest BCUT2D eigenvalue weighted by Crippen LogP contribution is -1.97. The molecule has 0 unspecified atom stereocenters. The number of aliphatic carboxylic acids is 1. The first kappa shape index (κ1) is 12.3. The molecule has 0 amide bonds. The van der Waals surface area contributed by atoms with Gasteiger partial charge in [-0.25, -0.2) is 4.39 Å². The number of aryl methyl sites for hydroxylation is 1. The summed E-state index contributed by atoms with van der Waals surface area (Å²) in [6.45, 7) is 0. The molecular formula is C10H9Cl2FO2. The minimum atomic E-state index is -0.881. The van der Waals surface area contributed by atoms with Crippen LogP contribution < -0.4 is 0 Å². The number of carboxylic acid groups (broad SMARTS) is 1. The maximum Gasteiger partial charge on any atom is 0.303 e. The summed E-state index contributed by atoms with van der Waals surface area (Å²) in [4.78, 5) is 10.3. The van der Waals surface area contributed by atoms with Crippen LogP contribution >= 0.6 is 23.2 Å². The topological polar surface area (TPSA) is 37.3 Å². The Kier molecular flexibility index (Phi) is 4.36. The Morgan fingerprint density at radius 2 is 2.07 bits per heavy atom. The normalized spacial score (nSPS) is 10.3. The van der Waals surface area contributed by atoms with E-state index >= 15 is 0 Å². The highest BCUT2D eigenvalue weighted by Gasteiger charge is 2.08. The minimum Gasteiger partial charge on any atom is -0.481 e. The second-order valence-electron chi connectivity index (χ2n) is 3.11. The van der Waals surface area contributed by atoms with Crippen LogP contribution in [0.25, 0.3) is 0 Å². The smallest absolute Gasteiger partial charge is 0.303 e. The van der Waals surface area contributed by atoms with Crippen molar-refractivity contribution in [3.8, 4) is 0 Å². The molecule has 0 bridgehead atoms. The zero-order valence-corrected chi connectivity index (χ0v) is 9.28. The molecule has 1 aromatic carbocycles. The van der Waals surface area contributed by atoms with Crippen LogP contribution in [0.2, 0.25) is 10.0 Å². The Morgan fingerprint density at radius 1 is 1.40 bits per heavy atom. The molecule has 0 atom stereocenters. The fourth-order valence-corrected chi connectivity index (χ4v) is 1.65. The maximum absolute atomic E-state index is 13.1. The molecule has 0 heterocycles. The number of carboxylic acids is 1. The van der Waals surface area contributed by atoms with Crippen LogP contribution in [0.1, 0.15) is 18.4 Å². The Balaban J connectivity index is 2.72. The van der Waals surface area contributed by atoms with Gasteiger partial charge in [0.05, 0.1) is 5.02 Å². The Bertz CT molecular complexity index is 380. The summed E-state index contributed by atoms with van der Waals surface area (Å²) in [7, 11) is 0. The molecule has 0 aliphatic heterocycles. The SMILES string of the molecule is O=C(O)CCCc1cc(Cl)cc(F)c1Cl. The van der Waals surface area contributed by atoms with Gasteiger partial charge in [0.15, 0.2) is 0 Å². The largest absolute Gasteiger partial charge is 0.481 e. The van der Waals surface area contributed by atoms with Gasteiger partial charge in [-0.2, -0.15) is 0 Å². The first-order valence-electron chi connectivity index (χ1n) is 4.36. The van der Waals surface area contributed by atoms with Gasteiger partial charge in [0.1, 0.15) is 5.82 Å². The zero-order valence-electron chi connectivity index (χ0n) is 7.77. The van der Waals surface area contributed by atoms with Gasteiger partial charge in [0.25, 0.3) is 0 Å². The van der Waals surface area contributed by atoms with E-state index in [0.717, 1.165) is 6.07 Å². The summed E-state index contributed by atoms with van der Waals surface area (Å²) in [6, 6.07) is 2.68. The molecule has 2 nitrogen and oxygen atoms in total. The van der Waals surface area contributed by atoms with E-state index in [1.807, 2.05) is 0 Å². The van der Waals surface area contributed by atoms with E-state index in [4.69, 9.17) is 28.3 Å². The van der Waals surface area contributed by atoms with Crippen molar-refractivity contribution in [3.05, 3.63) is 33.6 Å². The molecule has 0 aliphatic carbocycles. The van der Waals surface area contributed by atoms with Crippen molar-refractivity contribution in [2.24, 2.45) is 0 Å². The number of hydrogen-bond donors (Lipinski definition) is 1. The van der Waals surface area contributed by atoms with E-state index in [1.54, 1.807) is 6.07 Å². The molecule has 1 aromatic rings. The Labute approximate surface area is 96.6 Å². The number of rotatable bonds is 4. The predicted octanol–water partition coefficient (Wildman–Crippen LogP) is 3.54. The van der Waals surface area contributed by atoms with Crippen LogP contribution in [0.15, 0.2) is 12.1 Å². The van der Waals surface area contributed by atoms with Crippen molar-refractivity contribution in [3.63, 3.8) is 0 Å². The van der Waals surface area contributed by atoms with Crippen molar-refractivity contribution in [1.29, 1.82) is 0 Å². The quantitative estimate of drug-likeness (QED) is 0.831. The standard InChI is InChI=1S/C10H9Cl2FO2/c11-7-4-6(2-1-3-9(14)15)10(12)8(13)5-7/h4-5H,1-3H2,(H,14,15). The van der Waals surface area contributed by atoms with E-state index < -0.39 is 11.8 Å². The van der Waals surface area contributed by atoms with Crippen LogP contribution in [-0.2, 0) is 11.2 Å². The van der Waals surface area contributed by atoms with Gasteiger partial charge in [-0.15, -0.1) is 0 Å². The number of hydrogen-bond acceptors (Lipinski definition) is 1. The summed E-state index contributed by atoms with van der Waals surface area (Å²) >= 11 is 11.3. The third-order valence-corrected chi connectivity index (χ3v) is 2.55. The van der Waals surface area contributed by atoms with Gasteiger partial charge in [0.2, 0.25) is 0 Å². The third kappa shape index (κ3) is 3.68. The number of benzene rings is 1. The molecule has 0 saturated carbocycles. The van der Waals surface area contributed by atoms with Crippen LogP contribution in [0, 0.1) is 5.82 Å². The lowest BCUT2D eigenvalue weighted by Gasteiger charge is -2.05. The first-order chi connectivity index (χ1) is 7.00. The molecule has 0 spiro atoms. The first-order valence-corrected chi connectivity index (χ1v) is 5.11. The van der Waals surface area contributed by atoms with Crippen molar-refractivity contribution < 1.29 is 14.3 Å². The van der Waals surface area contributed by atoms with Gasteiger partial charge in [-0.1, -0.05) is 23.2 Å². The van der Waals surface area contributed by atoms with Gasteiger partial charge in [0, 0.05) is 11.4 Å². The van der Waals surface area contributed by atoms with Crippen molar-refractivity contribution in [2.45, 2.75) is 19.3 Å². The predicted molar refractivity (Wildman–Crippen MR) is 57.0 cm³/mol. The molecule has 0 radical (unpaired) electrons. The molecule has 5 heteroatoms. The average molecular weight is 251 g/mol. The molecule has 0 fully saturated rings. The highest BCUT2D eigenvalue weighted by Crippen LogP contribution is 2.25. The Morgan fingerprint density at radius 3 is 2.67 bits per heavy atom. The van der Waals surface area contributed by atoms with Crippen molar-refractivity contribution >= 4 is 29.2 Å². The monoisotopic (exact) mass is 250 g/mol. The lowest BCUT2D eigenvalue weighted by molar-refractivity contribution is -0.137. The van der Waals surface area contributed by atoms with E-state index in [1.165, 1.54) is 0 Å². The van der Waals surface area contributed by atoms with E-state index in [2.05, 4.69) is 0 Å². The molecule has 82 valence electrons. The molecule has 1 rings (SSSR count). The summed E-state index contributed by atoms with van der Waals surface area (Å²) in [5.74, 6) is -1.46. The van der Waals surface area contributed by atoms with Gasteiger partial charge >= 0.3 is 5.97 Å². The number of carbonyl (C=O) groups is 1. The fraction of sp³-hybridized carbons (Fsp3) is 0.300. The summed E-state index contributed by atoms with van der Waals surface area (Å²) in [6.07, 6.45) is 0.849. The fourth-order valence-electron chi connectivity index (χ4n) is 1.22. The minimum absolute atomic E-state index is 0.0183. The van der Waals surface area contributed by atoms with E-state index in [0.29, 0.717) is 18.4 Å². The third-order valence-electron chi connectivity index (χ3n) is 1.91. The van der Waals surface area contributed by atoms with Gasteiger partial charge < -0.3 is 5.11 Å². The molecule has 15 heavy (non-hydrogen) atoms. The van der Waals surface area contributed by atoms with Crippen LogP contribution in [0.3, 0.4) is 0 Å². The summed E-state index contributed by atoms with van der Waals surface area (Å²) in [5.41, 5.74) is 0.544. The molecule has 1 N–H and O–H groups in total. The highest BCUT2D eigenvalue weighted by atomic mass is 35.5. The average Bonchev–Trinajstić information content (AvgIpc) is 2.12. The zero-order chi connectivity index (χ0) is 11.4. The van der Waals surface area contributed by atoms with Crippen LogP contribution in [0.5, 0.6) is 0 Å². The van der Waals surface area contributed by atoms with Crippen LogP contribution in [-0.4, -0.2) is 11.1 Å². The summed E-state index contributed by atoms with van der Waals surface area (Å²) < 4.78 is 13.1. The lowest BCUT2D eigenvalue weighted by atomic mass is 10.1. The molecular weight excluding hydrogens is 242 g/mol. The second kappa shape index (κ2) is 5.33. The van der Waals surface area contributed by atoms with Crippen LogP contribution in [0.4, 0.5) is 4.39 Å². The summed E-state index contributed by atoms with van der Waals surface area (Å²) in [5, 5.41) is 8.72. The van der Waals surface area contributed by atoms with E-state index in [-0.39, 0.29) is 16.5 Å². The van der Waals surface area contributed by atoms with Crippen molar-refractivity contribution in [2.75, 3.05) is 0 Å². The molecule has 0 aliphatic rings. The van der Waals surface area contributed by atoms with Gasteiger partial charge in [-0.3, -0.25) is 4.79 Å². The maximum atomic E-state index is 13.1.